The van der Waals surface area contributed by atoms with Gasteiger partial charge >= 0.3 is 0 Å². The van der Waals surface area contributed by atoms with Crippen molar-refractivity contribution in [2.75, 3.05) is 13.2 Å². The molecule has 0 aromatic heterocycles. The Morgan fingerprint density at radius 2 is 2.05 bits per heavy atom. The number of rotatable bonds is 3. The zero-order chi connectivity index (χ0) is 14.8. The van der Waals surface area contributed by atoms with Crippen molar-refractivity contribution in [1.82, 2.24) is 4.90 Å². The van der Waals surface area contributed by atoms with Gasteiger partial charge in [0.15, 0.2) is 11.5 Å². The zero-order valence-corrected chi connectivity index (χ0v) is 12.1. The number of fused-ring (bicyclic) bond motifs is 1. The molecule has 0 spiro atoms. The molecule has 0 saturated carbocycles. The molecule has 2 heterocycles. The Balaban J connectivity index is 1.70. The SMILES string of the molecule is CC(=O)CC1CCCN1C(=O)C1COc2ccccc2O1. The summed E-state index contributed by atoms with van der Waals surface area (Å²) in [7, 11) is 0. The number of ketones is 1. The van der Waals surface area contributed by atoms with Crippen molar-refractivity contribution >= 4 is 11.7 Å². The van der Waals surface area contributed by atoms with Crippen LogP contribution in [0.25, 0.3) is 0 Å². The lowest BCUT2D eigenvalue weighted by Gasteiger charge is -2.31. The van der Waals surface area contributed by atoms with Gasteiger partial charge in [0.1, 0.15) is 12.4 Å². The molecule has 1 fully saturated rings. The third-order valence-electron chi connectivity index (χ3n) is 3.97. The standard InChI is InChI=1S/C16H19NO4/c1-11(18)9-12-5-4-8-17(12)16(19)15-10-20-13-6-2-3-7-14(13)21-15/h2-3,6-7,12,15H,4-5,8-10H2,1H3. The van der Waals surface area contributed by atoms with Gasteiger partial charge in [0.05, 0.1) is 0 Å². The zero-order valence-electron chi connectivity index (χ0n) is 12.1. The highest BCUT2D eigenvalue weighted by atomic mass is 16.6. The Hall–Kier alpha value is -2.04. The van der Waals surface area contributed by atoms with Crippen molar-refractivity contribution in [2.45, 2.75) is 38.3 Å². The number of Topliss-reactive ketones (excluding diaryl/α,β-unsaturated/α-hetero) is 1. The number of amides is 1. The molecule has 112 valence electrons. The third kappa shape index (κ3) is 2.86. The van der Waals surface area contributed by atoms with Crippen LogP contribution >= 0.6 is 0 Å². The van der Waals surface area contributed by atoms with Gasteiger partial charge in [-0.3, -0.25) is 9.59 Å². The number of hydrogen-bond acceptors (Lipinski definition) is 4. The number of hydrogen-bond donors (Lipinski definition) is 0. The van der Waals surface area contributed by atoms with Gasteiger partial charge in [-0.15, -0.1) is 0 Å². The summed E-state index contributed by atoms with van der Waals surface area (Å²) in [5.41, 5.74) is 0. The first-order chi connectivity index (χ1) is 10.1. The minimum atomic E-state index is -0.618. The molecular weight excluding hydrogens is 270 g/mol. The third-order valence-corrected chi connectivity index (χ3v) is 3.97. The fourth-order valence-electron chi connectivity index (χ4n) is 3.00. The van der Waals surface area contributed by atoms with Crippen molar-refractivity contribution in [3.05, 3.63) is 24.3 Å². The number of para-hydroxylation sites is 2. The predicted molar refractivity (Wildman–Crippen MR) is 76.4 cm³/mol. The van der Waals surface area contributed by atoms with Gasteiger partial charge in [0.25, 0.3) is 5.91 Å². The minimum absolute atomic E-state index is 0.00997. The summed E-state index contributed by atoms with van der Waals surface area (Å²) in [6.45, 7) is 2.48. The number of likely N-dealkylation sites (tertiary alicyclic amines) is 1. The predicted octanol–water partition coefficient (Wildman–Crippen LogP) is 1.80. The van der Waals surface area contributed by atoms with Crippen LogP contribution in [0.2, 0.25) is 0 Å². The van der Waals surface area contributed by atoms with Crippen LogP contribution in [0.1, 0.15) is 26.2 Å². The first-order valence-corrected chi connectivity index (χ1v) is 7.33. The topological polar surface area (TPSA) is 55.8 Å². The summed E-state index contributed by atoms with van der Waals surface area (Å²) >= 11 is 0. The second-order valence-electron chi connectivity index (χ2n) is 5.60. The Morgan fingerprint density at radius 3 is 2.81 bits per heavy atom. The molecule has 21 heavy (non-hydrogen) atoms. The molecule has 5 nitrogen and oxygen atoms in total. The summed E-state index contributed by atoms with van der Waals surface area (Å²) in [6, 6.07) is 7.35. The monoisotopic (exact) mass is 289 g/mol. The molecule has 1 aromatic rings. The van der Waals surface area contributed by atoms with Crippen molar-refractivity contribution in [1.29, 1.82) is 0 Å². The average molecular weight is 289 g/mol. The molecule has 2 aliphatic rings. The van der Waals surface area contributed by atoms with E-state index in [2.05, 4.69) is 0 Å². The maximum Gasteiger partial charge on any atom is 0.267 e. The summed E-state index contributed by atoms with van der Waals surface area (Å²) < 4.78 is 11.4. The van der Waals surface area contributed by atoms with Crippen molar-refractivity contribution < 1.29 is 19.1 Å². The van der Waals surface area contributed by atoms with Crippen LogP contribution in [-0.2, 0) is 9.59 Å². The molecule has 2 unspecified atom stereocenters. The summed E-state index contributed by atoms with van der Waals surface area (Å²) in [6.07, 6.45) is 1.63. The van der Waals surface area contributed by atoms with Gasteiger partial charge in [-0.05, 0) is 31.9 Å². The van der Waals surface area contributed by atoms with Gasteiger partial charge < -0.3 is 14.4 Å². The van der Waals surface area contributed by atoms with Crippen molar-refractivity contribution in [3.8, 4) is 11.5 Å². The number of nitrogens with zero attached hydrogens (tertiary/aromatic N) is 1. The van der Waals surface area contributed by atoms with E-state index >= 15 is 0 Å². The van der Waals surface area contributed by atoms with Gasteiger partial charge in [-0.1, -0.05) is 12.1 Å². The number of carbonyl (C=O) groups excluding carboxylic acids is 2. The Kier molecular flexibility index (Phi) is 3.82. The molecule has 5 heteroatoms. The maximum absolute atomic E-state index is 12.6. The van der Waals surface area contributed by atoms with E-state index in [0.29, 0.717) is 24.5 Å². The van der Waals surface area contributed by atoms with Crippen molar-refractivity contribution in [2.24, 2.45) is 0 Å². The van der Waals surface area contributed by atoms with Gasteiger partial charge in [0, 0.05) is 19.0 Å². The van der Waals surface area contributed by atoms with E-state index in [9.17, 15) is 9.59 Å². The first-order valence-electron chi connectivity index (χ1n) is 7.33. The summed E-state index contributed by atoms with van der Waals surface area (Å²) in [5.74, 6) is 1.31. The molecular formula is C16H19NO4. The quantitative estimate of drug-likeness (QED) is 0.851. The molecule has 1 saturated heterocycles. The van der Waals surface area contributed by atoms with Crippen LogP contribution in [0.5, 0.6) is 11.5 Å². The van der Waals surface area contributed by atoms with Crippen LogP contribution in [0, 0.1) is 0 Å². The van der Waals surface area contributed by atoms with E-state index in [4.69, 9.17) is 9.47 Å². The van der Waals surface area contributed by atoms with Gasteiger partial charge in [-0.2, -0.15) is 0 Å². The molecule has 0 aliphatic carbocycles. The lowest BCUT2D eigenvalue weighted by atomic mass is 10.1. The minimum Gasteiger partial charge on any atom is -0.485 e. The smallest absolute Gasteiger partial charge is 0.267 e. The fraction of sp³-hybridized carbons (Fsp3) is 0.500. The van der Waals surface area contributed by atoms with Crippen LogP contribution in [0.15, 0.2) is 24.3 Å². The summed E-state index contributed by atoms with van der Waals surface area (Å²) in [4.78, 5) is 25.7. The highest BCUT2D eigenvalue weighted by Gasteiger charge is 2.36. The molecule has 0 bridgehead atoms. The highest BCUT2D eigenvalue weighted by Crippen LogP contribution is 2.32. The Bertz CT molecular complexity index is 557. The normalized spacial score (nSPS) is 24.0. The molecule has 3 rings (SSSR count). The average Bonchev–Trinajstić information content (AvgIpc) is 2.93. The van der Waals surface area contributed by atoms with Crippen LogP contribution in [-0.4, -0.2) is 41.9 Å². The van der Waals surface area contributed by atoms with E-state index in [1.54, 1.807) is 17.9 Å². The molecule has 0 N–H and O–H groups in total. The molecule has 2 aliphatic heterocycles. The Labute approximate surface area is 123 Å². The second kappa shape index (κ2) is 5.76. The number of benzene rings is 1. The fourth-order valence-corrected chi connectivity index (χ4v) is 3.00. The van der Waals surface area contributed by atoms with E-state index in [1.807, 2.05) is 18.2 Å². The van der Waals surface area contributed by atoms with Crippen molar-refractivity contribution in [3.63, 3.8) is 0 Å². The molecule has 2 atom stereocenters. The van der Waals surface area contributed by atoms with E-state index in [0.717, 1.165) is 12.8 Å². The largest absolute Gasteiger partial charge is 0.485 e. The van der Waals surface area contributed by atoms with Crippen LogP contribution in [0.3, 0.4) is 0 Å². The summed E-state index contributed by atoms with van der Waals surface area (Å²) in [5, 5.41) is 0. The van der Waals surface area contributed by atoms with Crippen LogP contribution in [0.4, 0.5) is 0 Å². The molecule has 0 radical (unpaired) electrons. The maximum atomic E-state index is 12.6. The van der Waals surface area contributed by atoms with Gasteiger partial charge in [-0.25, -0.2) is 0 Å². The van der Waals surface area contributed by atoms with E-state index < -0.39 is 6.10 Å². The van der Waals surface area contributed by atoms with E-state index in [1.165, 1.54) is 0 Å². The molecule has 1 amide bonds. The first kappa shape index (κ1) is 13.9. The number of ether oxygens (including phenoxy) is 2. The lowest BCUT2D eigenvalue weighted by Crippen LogP contribution is -2.48. The Morgan fingerprint density at radius 1 is 1.29 bits per heavy atom. The second-order valence-corrected chi connectivity index (χ2v) is 5.60. The van der Waals surface area contributed by atoms with E-state index in [-0.39, 0.29) is 24.3 Å². The molecule has 1 aromatic carbocycles. The van der Waals surface area contributed by atoms with Gasteiger partial charge in [0.2, 0.25) is 6.10 Å². The lowest BCUT2D eigenvalue weighted by molar-refractivity contribution is -0.142. The number of carbonyl (C=O) groups is 2. The van der Waals surface area contributed by atoms with Crippen LogP contribution < -0.4 is 9.47 Å². The highest BCUT2D eigenvalue weighted by molar-refractivity contribution is 5.84.